The first-order chi connectivity index (χ1) is 6.74. The summed E-state index contributed by atoms with van der Waals surface area (Å²) in [6, 6.07) is 10.4. The lowest BCUT2D eigenvalue weighted by Gasteiger charge is -2.17. The highest BCUT2D eigenvalue weighted by Crippen LogP contribution is 2.18. The molecule has 14 heavy (non-hydrogen) atoms. The highest BCUT2D eigenvalue weighted by Gasteiger charge is 2.11. The van der Waals surface area contributed by atoms with Gasteiger partial charge in [0.2, 0.25) is 0 Å². The number of hydrogen-bond acceptors (Lipinski definition) is 1. The van der Waals surface area contributed by atoms with Crippen molar-refractivity contribution in [2.24, 2.45) is 11.8 Å². The maximum absolute atomic E-state index is 10.4. The van der Waals surface area contributed by atoms with Gasteiger partial charge in [-0.15, -0.1) is 0 Å². The summed E-state index contributed by atoms with van der Waals surface area (Å²) in [4.78, 5) is 10.4. The van der Waals surface area contributed by atoms with E-state index in [1.165, 1.54) is 5.56 Å². The molecule has 1 rings (SSSR count). The van der Waals surface area contributed by atoms with Crippen LogP contribution in [0.15, 0.2) is 30.3 Å². The molecule has 1 nitrogen and oxygen atoms in total. The zero-order valence-corrected chi connectivity index (χ0v) is 8.94. The molecule has 0 aliphatic heterocycles. The number of aldehydes is 1. The van der Waals surface area contributed by atoms with Crippen LogP contribution in [-0.2, 0) is 11.2 Å². The largest absolute Gasteiger partial charge is 0.303 e. The van der Waals surface area contributed by atoms with Gasteiger partial charge in [0.15, 0.2) is 0 Å². The van der Waals surface area contributed by atoms with Crippen LogP contribution in [-0.4, -0.2) is 6.29 Å². The minimum atomic E-state index is 0.479. The standard InChI is InChI=1S/C13H18O/c1-11(8-9-14)12(2)10-13-6-4-3-5-7-13/h3-7,9,11-12H,8,10H2,1-2H3. The van der Waals surface area contributed by atoms with Gasteiger partial charge < -0.3 is 4.79 Å². The van der Waals surface area contributed by atoms with Crippen LogP contribution < -0.4 is 0 Å². The molecule has 0 aliphatic carbocycles. The molecule has 0 saturated heterocycles. The van der Waals surface area contributed by atoms with Crippen LogP contribution in [0.25, 0.3) is 0 Å². The first-order valence-corrected chi connectivity index (χ1v) is 5.21. The van der Waals surface area contributed by atoms with E-state index in [0.29, 0.717) is 18.3 Å². The summed E-state index contributed by atoms with van der Waals surface area (Å²) < 4.78 is 0. The van der Waals surface area contributed by atoms with Crippen molar-refractivity contribution in [2.75, 3.05) is 0 Å². The Morgan fingerprint density at radius 2 is 1.79 bits per heavy atom. The van der Waals surface area contributed by atoms with Gasteiger partial charge >= 0.3 is 0 Å². The Hall–Kier alpha value is -1.11. The topological polar surface area (TPSA) is 17.1 Å². The Morgan fingerprint density at radius 3 is 2.36 bits per heavy atom. The third-order valence-corrected chi connectivity index (χ3v) is 2.84. The number of rotatable bonds is 5. The summed E-state index contributed by atoms with van der Waals surface area (Å²) >= 11 is 0. The molecule has 0 amide bonds. The molecule has 2 atom stereocenters. The van der Waals surface area contributed by atoms with E-state index in [9.17, 15) is 4.79 Å². The van der Waals surface area contributed by atoms with Crippen LogP contribution in [0.1, 0.15) is 25.8 Å². The first-order valence-electron chi connectivity index (χ1n) is 5.21. The normalized spacial score (nSPS) is 14.7. The van der Waals surface area contributed by atoms with Crippen molar-refractivity contribution in [1.82, 2.24) is 0 Å². The maximum Gasteiger partial charge on any atom is 0.120 e. The molecular formula is C13H18O. The van der Waals surface area contributed by atoms with Gasteiger partial charge in [-0.1, -0.05) is 44.2 Å². The van der Waals surface area contributed by atoms with Gasteiger partial charge in [0.05, 0.1) is 0 Å². The summed E-state index contributed by atoms with van der Waals surface area (Å²) in [5.74, 6) is 1.05. The highest BCUT2D eigenvalue weighted by molar-refractivity contribution is 5.49. The molecule has 0 saturated carbocycles. The summed E-state index contributed by atoms with van der Waals surface area (Å²) in [5.41, 5.74) is 1.36. The van der Waals surface area contributed by atoms with Crippen LogP contribution in [0, 0.1) is 11.8 Å². The van der Waals surface area contributed by atoms with E-state index >= 15 is 0 Å². The van der Waals surface area contributed by atoms with Gasteiger partial charge in [0.1, 0.15) is 6.29 Å². The Morgan fingerprint density at radius 1 is 1.14 bits per heavy atom. The van der Waals surface area contributed by atoms with Crippen molar-refractivity contribution in [1.29, 1.82) is 0 Å². The lowest BCUT2D eigenvalue weighted by molar-refractivity contribution is -0.108. The average Bonchev–Trinajstić information content (AvgIpc) is 2.19. The van der Waals surface area contributed by atoms with Crippen molar-refractivity contribution < 1.29 is 4.79 Å². The minimum absolute atomic E-state index is 0.479. The number of carbonyl (C=O) groups is 1. The van der Waals surface area contributed by atoms with Crippen LogP contribution in [0.2, 0.25) is 0 Å². The fourth-order valence-electron chi connectivity index (χ4n) is 1.57. The monoisotopic (exact) mass is 190 g/mol. The quantitative estimate of drug-likeness (QED) is 0.652. The van der Waals surface area contributed by atoms with Crippen molar-refractivity contribution in [2.45, 2.75) is 26.7 Å². The van der Waals surface area contributed by atoms with E-state index in [1.807, 2.05) is 6.07 Å². The van der Waals surface area contributed by atoms with Crippen LogP contribution >= 0.6 is 0 Å². The summed E-state index contributed by atoms with van der Waals surface area (Å²) in [5, 5.41) is 0. The Bertz CT molecular complexity index is 266. The predicted molar refractivity (Wildman–Crippen MR) is 59.2 cm³/mol. The predicted octanol–water partition coefficient (Wildman–Crippen LogP) is 3.09. The lowest BCUT2D eigenvalue weighted by Crippen LogP contribution is -2.11. The molecule has 76 valence electrons. The third kappa shape index (κ3) is 3.33. The van der Waals surface area contributed by atoms with Crippen molar-refractivity contribution in [3.8, 4) is 0 Å². The molecular weight excluding hydrogens is 172 g/mol. The van der Waals surface area contributed by atoms with Gasteiger partial charge in [-0.3, -0.25) is 0 Å². The van der Waals surface area contributed by atoms with Crippen molar-refractivity contribution in [3.05, 3.63) is 35.9 Å². The van der Waals surface area contributed by atoms with Crippen LogP contribution in [0.3, 0.4) is 0 Å². The molecule has 2 unspecified atom stereocenters. The van der Waals surface area contributed by atoms with E-state index < -0.39 is 0 Å². The fourth-order valence-corrected chi connectivity index (χ4v) is 1.57. The first kappa shape index (κ1) is 11.0. The minimum Gasteiger partial charge on any atom is -0.303 e. The molecule has 0 aliphatic rings. The smallest absolute Gasteiger partial charge is 0.120 e. The number of benzene rings is 1. The molecule has 1 aromatic rings. The average molecular weight is 190 g/mol. The zero-order chi connectivity index (χ0) is 10.4. The second-order valence-corrected chi connectivity index (χ2v) is 4.05. The van der Waals surface area contributed by atoms with Gasteiger partial charge in [0.25, 0.3) is 0 Å². The molecule has 0 heterocycles. The zero-order valence-electron chi connectivity index (χ0n) is 8.94. The third-order valence-electron chi connectivity index (χ3n) is 2.84. The maximum atomic E-state index is 10.4. The fraction of sp³-hybridized carbons (Fsp3) is 0.462. The molecule has 0 fully saturated rings. The highest BCUT2D eigenvalue weighted by atomic mass is 16.1. The second-order valence-electron chi connectivity index (χ2n) is 4.05. The van der Waals surface area contributed by atoms with Crippen molar-refractivity contribution >= 4 is 6.29 Å². The van der Waals surface area contributed by atoms with Gasteiger partial charge in [-0.2, -0.15) is 0 Å². The van der Waals surface area contributed by atoms with Crippen LogP contribution in [0.4, 0.5) is 0 Å². The van der Waals surface area contributed by atoms with Gasteiger partial charge in [0, 0.05) is 6.42 Å². The second kappa shape index (κ2) is 5.58. The molecule has 0 N–H and O–H groups in total. The SMILES string of the molecule is CC(CC=O)C(C)Cc1ccccc1. The van der Waals surface area contributed by atoms with Gasteiger partial charge in [-0.05, 0) is 23.8 Å². The van der Waals surface area contributed by atoms with Crippen LogP contribution in [0.5, 0.6) is 0 Å². The molecule has 0 radical (unpaired) electrons. The Kier molecular flexibility index (Phi) is 4.37. The Labute approximate surface area is 86.1 Å². The summed E-state index contributed by atoms with van der Waals surface area (Å²) in [7, 11) is 0. The van der Waals surface area contributed by atoms with E-state index in [0.717, 1.165) is 12.7 Å². The van der Waals surface area contributed by atoms with E-state index in [4.69, 9.17) is 0 Å². The van der Waals surface area contributed by atoms with Crippen molar-refractivity contribution in [3.63, 3.8) is 0 Å². The molecule has 0 spiro atoms. The molecule has 1 aromatic carbocycles. The lowest BCUT2D eigenvalue weighted by atomic mass is 9.88. The van der Waals surface area contributed by atoms with Gasteiger partial charge in [-0.25, -0.2) is 0 Å². The Balaban J connectivity index is 2.48. The number of hydrogen-bond donors (Lipinski definition) is 0. The molecule has 0 bridgehead atoms. The summed E-state index contributed by atoms with van der Waals surface area (Å²) in [6.45, 7) is 4.35. The van der Waals surface area contributed by atoms with E-state index in [2.05, 4.69) is 38.1 Å². The van der Waals surface area contributed by atoms with E-state index in [-0.39, 0.29) is 0 Å². The molecule has 0 aromatic heterocycles. The summed E-state index contributed by atoms with van der Waals surface area (Å²) in [6.07, 6.45) is 2.76. The molecule has 1 heteroatoms. The number of carbonyl (C=O) groups excluding carboxylic acids is 1. The van der Waals surface area contributed by atoms with E-state index in [1.54, 1.807) is 0 Å².